The highest BCUT2D eigenvalue weighted by Gasteiger charge is 2.49. The lowest BCUT2D eigenvalue weighted by molar-refractivity contribution is 0.0294. The number of anilines is 2. The molecule has 0 amide bonds. The van der Waals surface area contributed by atoms with Crippen LogP contribution in [0.3, 0.4) is 0 Å². The van der Waals surface area contributed by atoms with Crippen LogP contribution in [0.5, 0.6) is 11.5 Å². The van der Waals surface area contributed by atoms with Gasteiger partial charge in [-0.25, -0.2) is 23.1 Å². The molecule has 2 fully saturated rings. The van der Waals surface area contributed by atoms with Gasteiger partial charge in [0.1, 0.15) is 24.4 Å². The number of halogens is 2. The lowest BCUT2D eigenvalue weighted by Crippen LogP contribution is -2.44. The van der Waals surface area contributed by atoms with E-state index >= 15 is 0 Å². The molecule has 0 spiro atoms. The number of ether oxygens (including phenoxy) is 4. The van der Waals surface area contributed by atoms with Crippen LogP contribution in [-0.2, 0) is 19.5 Å². The minimum atomic E-state index is -3.39. The average Bonchev–Trinajstić information content (AvgIpc) is 3.38. The van der Waals surface area contributed by atoms with Crippen molar-refractivity contribution in [1.82, 2.24) is 14.7 Å². The van der Waals surface area contributed by atoms with E-state index in [4.69, 9.17) is 30.5 Å². The molecule has 2 aliphatic rings. The topological polar surface area (TPSA) is 121 Å². The maximum atomic E-state index is 11.6. The van der Waals surface area contributed by atoms with Crippen LogP contribution in [0, 0.1) is 0 Å². The number of fused-ring (bicyclic) bond motifs is 2. The van der Waals surface area contributed by atoms with E-state index in [0.717, 1.165) is 21.8 Å². The van der Waals surface area contributed by atoms with E-state index in [1.54, 1.807) is 25.3 Å². The Morgan fingerprint density at radius 3 is 2.66 bits per heavy atom. The van der Waals surface area contributed by atoms with Gasteiger partial charge < -0.3 is 24.3 Å². The van der Waals surface area contributed by atoms with Crippen molar-refractivity contribution in [2.45, 2.75) is 24.4 Å². The van der Waals surface area contributed by atoms with E-state index in [2.05, 4.69) is 35.9 Å². The summed E-state index contributed by atoms with van der Waals surface area (Å²) < 4.78 is 50.1. The van der Waals surface area contributed by atoms with Crippen molar-refractivity contribution in [3.63, 3.8) is 0 Å². The number of nitrogens with zero attached hydrogens (tertiary/aromatic N) is 2. The summed E-state index contributed by atoms with van der Waals surface area (Å²) in [6, 6.07) is 8.61. The van der Waals surface area contributed by atoms with E-state index in [0.29, 0.717) is 27.9 Å². The first-order valence-corrected chi connectivity index (χ1v) is 13.7. The Morgan fingerprint density at radius 1 is 1.11 bits per heavy atom. The Balaban J connectivity index is 1.39. The van der Waals surface area contributed by atoms with Gasteiger partial charge in [-0.05, 0) is 40.2 Å². The minimum absolute atomic E-state index is 0.208. The number of hydrogen-bond donors (Lipinski definition) is 2. The number of hydrogen-bond acceptors (Lipinski definition) is 9. The van der Waals surface area contributed by atoms with Gasteiger partial charge in [0.25, 0.3) is 0 Å². The van der Waals surface area contributed by atoms with Crippen molar-refractivity contribution < 1.29 is 27.4 Å². The van der Waals surface area contributed by atoms with E-state index in [1.807, 2.05) is 12.1 Å². The summed E-state index contributed by atoms with van der Waals surface area (Å²) in [5.41, 5.74) is 1.41. The Hall–Kier alpha value is -2.22. The lowest BCUT2D eigenvalue weighted by atomic mass is 10.1. The summed E-state index contributed by atoms with van der Waals surface area (Å²) in [5, 5.41) is 4.56. The monoisotopic (exact) mass is 584 g/mol. The van der Waals surface area contributed by atoms with Crippen LogP contribution in [0.2, 0.25) is 5.02 Å². The number of methoxy groups -OCH3 is 1. The Bertz CT molecular complexity index is 1380. The SMILES string of the molecule is COc1cc2c(Nc3ccc(Br)c(Cl)c3)ncnc2cc1OC1CO[C@H]2[C@H](NS(C)(=O)=O)CO[C@@H]12. The second-order valence-corrected chi connectivity index (χ2v) is 11.3. The molecule has 10 nitrogen and oxygen atoms in total. The molecule has 0 aliphatic carbocycles. The van der Waals surface area contributed by atoms with Gasteiger partial charge in [-0.3, -0.25) is 0 Å². The van der Waals surface area contributed by atoms with Crippen LogP contribution in [0.1, 0.15) is 0 Å². The molecule has 0 bridgehead atoms. The Kier molecular flexibility index (Phi) is 6.77. The average molecular weight is 586 g/mol. The molecule has 186 valence electrons. The van der Waals surface area contributed by atoms with Crippen molar-refractivity contribution in [3.05, 3.63) is 46.2 Å². The second-order valence-electron chi connectivity index (χ2n) is 8.25. The summed E-state index contributed by atoms with van der Waals surface area (Å²) in [7, 11) is -1.84. The fraction of sp³-hybridized carbons (Fsp3) is 0.364. The van der Waals surface area contributed by atoms with Gasteiger partial charge in [0, 0.05) is 21.6 Å². The van der Waals surface area contributed by atoms with Crippen molar-refractivity contribution in [1.29, 1.82) is 0 Å². The van der Waals surface area contributed by atoms with Gasteiger partial charge in [0.2, 0.25) is 10.0 Å². The van der Waals surface area contributed by atoms with Gasteiger partial charge >= 0.3 is 0 Å². The van der Waals surface area contributed by atoms with Crippen molar-refractivity contribution in [2.75, 3.05) is 31.9 Å². The maximum Gasteiger partial charge on any atom is 0.209 e. The minimum Gasteiger partial charge on any atom is -0.493 e. The third-order valence-corrected chi connectivity index (χ3v) is 7.72. The predicted octanol–water partition coefficient (Wildman–Crippen LogP) is 3.26. The van der Waals surface area contributed by atoms with Gasteiger partial charge in [0.15, 0.2) is 17.6 Å². The molecule has 3 heterocycles. The molecule has 4 atom stereocenters. The fourth-order valence-corrected chi connectivity index (χ4v) is 5.41. The van der Waals surface area contributed by atoms with Gasteiger partial charge in [0.05, 0.1) is 43.2 Å². The number of benzene rings is 2. The zero-order valence-corrected chi connectivity index (χ0v) is 21.9. The molecule has 2 aliphatic heterocycles. The van der Waals surface area contributed by atoms with Crippen LogP contribution in [-0.4, -0.2) is 69.3 Å². The molecule has 13 heteroatoms. The number of nitrogens with one attached hydrogen (secondary N) is 2. The highest BCUT2D eigenvalue weighted by Crippen LogP contribution is 2.38. The fourth-order valence-electron chi connectivity index (χ4n) is 4.23. The van der Waals surface area contributed by atoms with E-state index < -0.39 is 34.4 Å². The lowest BCUT2D eigenvalue weighted by Gasteiger charge is -2.20. The van der Waals surface area contributed by atoms with Gasteiger partial charge in [-0.15, -0.1) is 0 Å². The first-order chi connectivity index (χ1) is 16.7. The molecular formula is C22H22BrClN4O6S. The summed E-state index contributed by atoms with van der Waals surface area (Å²) in [6.07, 6.45) is 1.27. The third-order valence-electron chi connectivity index (χ3n) is 5.75. The highest BCUT2D eigenvalue weighted by atomic mass is 79.9. The molecule has 35 heavy (non-hydrogen) atoms. The van der Waals surface area contributed by atoms with Gasteiger partial charge in [-0.2, -0.15) is 0 Å². The number of sulfonamides is 1. The van der Waals surface area contributed by atoms with E-state index in [-0.39, 0.29) is 13.2 Å². The number of rotatable bonds is 7. The molecule has 0 saturated carbocycles. The molecule has 0 radical (unpaired) electrons. The normalized spacial score (nSPS) is 23.9. The largest absolute Gasteiger partial charge is 0.493 e. The zero-order chi connectivity index (χ0) is 24.7. The predicted molar refractivity (Wildman–Crippen MR) is 134 cm³/mol. The molecular weight excluding hydrogens is 564 g/mol. The maximum absolute atomic E-state index is 11.6. The van der Waals surface area contributed by atoms with Crippen LogP contribution in [0.15, 0.2) is 41.1 Å². The zero-order valence-electron chi connectivity index (χ0n) is 18.7. The van der Waals surface area contributed by atoms with Crippen LogP contribution < -0.4 is 19.5 Å². The molecule has 2 N–H and O–H groups in total. The molecule has 5 rings (SSSR count). The molecule has 2 saturated heterocycles. The standard InChI is InChI=1S/C22H22BrClN4O6S/c1-31-17-6-12-15(25-10-26-22(12)27-11-3-4-13(23)14(24)5-11)7-18(17)34-19-9-33-20-16(8-32-21(19)20)28-35(2,29)30/h3-7,10,16,19-21,28H,8-9H2,1-2H3,(H,25,26,27)/t16-,19?,20+,21+/m1/s1. The van der Waals surface area contributed by atoms with Crippen LogP contribution in [0.25, 0.3) is 10.9 Å². The van der Waals surface area contributed by atoms with Gasteiger partial charge in [-0.1, -0.05) is 11.6 Å². The van der Waals surface area contributed by atoms with Crippen LogP contribution in [0.4, 0.5) is 11.5 Å². The van der Waals surface area contributed by atoms with Crippen molar-refractivity contribution >= 4 is 60.0 Å². The summed E-state index contributed by atoms with van der Waals surface area (Å²) in [4.78, 5) is 8.76. The summed E-state index contributed by atoms with van der Waals surface area (Å²) in [6.45, 7) is 0.457. The first kappa shape index (κ1) is 24.5. The van der Waals surface area contributed by atoms with Crippen molar-refractivity contribution in [3.8, 4) is 11.5 Å². The summed E-state index contributed by atoms with van der Waals surface area (Å²) in [5.74, 6) is 1.53. The van der Waals surface area contributed by atoms with E-state index in [9.17, 15) is 8.42 Å². The summed E-state index contributed by atoms with van der Waals surface area (Å²) >= 11 is 9.60. The van der Waals surface area contributed by atoms with Crippen molar-refractivity contribution in [2.24, 2.45) is 0 Å². The van der Waals surface area contributed by atoms with Crippen LogP contribution >= 0.6 is 27.5 Å². The quantitative estimate of drug-likeness (QED) is 0.430. The number of aromatic nitrogens is 2. The molecule has 3 aromatic rings. The molecule has 1 aromatic heterocycles. The smallest absolute Gasteiger partial charge is 0.209 e. The molecule has 1 unspecified atom stereocenters. The second kappa shape index (κ2) is 9.68. The third kappa shape index (κ3) is 5.18. The first-order valence-electron chi connectivity index (χ1n) is 10.6. The van der Waals surface area contributed by atoms with E-state index in [1.165, 1.54) is 6.33 Å². The highest BCUT2D eigenvalue weighted by molar-refractivity contribution is 9.10. The Morgan fingerprint density at radius 2 is 1.91 bits per heavy atom. The molecule has 2 aromatic carbocycles. The Labute approximate surface area is 215 Å².